The number of halogens is 1. The van der Waals surface area contributed by atoms with Crippen LogP contribution in [0.3, 0.4) is 0 Å². The fourth-order valence-electron chi connectivity index (χ4n) is 1.97. The number of carbonyl (C=O) groups is 1. The minimum atomic E-state index is -0.279. The first-order valence-corrected chi connectivity index (χ1v) is 6.44. The van der Waals surface area contributed by atoms with Crippen LogP contribution >= 0.6 is 15.9 Å². The van der Waals surface area contributed by atoms with Crippen LogP contribution in [-0.2, 0) is 4.74 Å². The zero-order valence-electron chi connectivity index (χ0n) is 9.43. The maximum atomic E-state index is 11.8. The summed E-state index contributed by atoms with van der Waals surface area (Å²) in [4.78, 5) is 13.5. The van der Waals surface area contributed by atoms with Gasteiger partial charge in [0.2, 0.25) is 0 Å². The number of nitrogens with zero attached hydrogens (tertiary/aromatic N) is 1. The molecule has 1 fully saturated rings. The van der Waals surface area contributed by atoms with E-state index in [-0.39, 0.29) is 12.1 Å². The summed E-state index contributed by atoms with van der Waals surface area (Å²) in [6.07, 6.45) is 1.48. The highest BCUT2D eigenvalue weighted by atomic mass is 79.9. The Balaban J connectivity index is 2.22. The van der Waals surface area contributed by atoms with E-state index in [9.17, 15) is 4.79 Å². The number of hydrogen-bond donors (Lipinski definition) is 1. The number of benzene rings is 1. The molecule has 0 aliphatic carbocycles. The fraction of sp³-hybridized carbons (Fsp3) is 0.417. The molecule has 0 radical (unpaired) electrons. The van der Waals surface area contributed by atoms with Gasteiger partial charge in [0.1, 0.15) is 6.61 Å². The number of hydrogen-bond acceptors (Lipinski definition) is 3. The van der Waals surface area contributed by atoms with Crippen molar-refractivity contribution in [2.24, 2.45) is 5.73 Å². The minimum Gasteiger partial charge on any atom is -0.447 e. The van der Waals surface area contributed by atoms with Crippen molar-refractivity contribution in [3.8, 4) is 0 Å². The van der Waals surface area contributed by atoms with E-state index >= 15 is 0 Å². The predicted octanol–water partition coefficient (Wildman–Crippen LogP) is 2.51. The molecule has 1 heterocycles. The van der Waals surface area contributed by atoms with Crippen molar-refractivity contribution >= 4 is 27.7 Å². The third kappa shape index (κ3) is 2.61. The lowest BCUT2D eigenvalue weighted by molar-refractivity contribution is 0.178. The average Bonchev–Trinajstić information content (AvgIpc) is 2.69. The van der Waals surface area contributed by atoms with Crippen LogP contribution in [0.5, 0.6) is 0 Å². The molecule has 0 spiro atoms. The summed E-state index contributed by atoms with van der Waals surface area (Å²) in [5.41, 5.74) is 6.36. The highest BCUT2D eigenvalue weighted by Gasteiger charge is 2.34. The van der Waals surface area contributed by atoms with E-state index in [4.69, 9.17) is 10.5 Å². The van der Waals surface area contributed by atoms with E-state index in [1.54, 1.807) is 4.90 Å². The Hall–Kier alpha value is -1.07. The Bertz CT molecular complexity index is 411. The maximum absolute atomic E-state index is 11.8. The predicted molar refractivity (Wildman–Crippen MR) is 70.0 cm³/mol. The van der Waals surface area contributed by atoms with Crippen LogP contribution in [0.1, 0.15) is 12.8 Å². The third-order valence-corrected chi connectivity index (χ3v) is 3.49. The molecule has 2 rings (SSSR count). The lowest BCUT2D eigenvalue weighted by atomic mass is 10.1. The molecule has 1 aromatic carbocycles. The molecule has 0 aromatic heterocycles. The molecule has 5 heteroatoms. The van der Waals surface area contributed by atoms with Gasteiger partial charge in [-0.05, 0) is 47.4 Å². The van der Waals surface area contributed by atoms with Gasteiger partial charge in [-0.15, -0.1) is 0 Å². The van der Waals surface area contributed by atoms with Crippen LogP contribution in [0, 0.1) is 0 Å². The maximum Gasteiger partial charge on any atom is 0.414 e. The van der Waals surface area contributed by atoms with Gasteiger partial charge in [-0.3, -0.25) is 4.90 Å². The van der Waals surface area contributed by atoms with Gasteiger partial charge in [0.25, 0.3) is 0 Å². The van der Waals surface area contributed by atoms with Gasteiger partial charge >= 0.3 is 6.09 Å². The first kappa shape index (κ1) is 12.4. The first-order chi connectivity index (χ1) is 8.24. The van der Waals surface area contributed by atoms with Gasteiger partial charge in [0, 0.05) is 4.47 Å². The smallest absolute Gasteiger partial charge is 0.414 e. The normalized spacial score (nSPS) is 19.5. The zero-order valence-corrected chi connectivity index (χ0v) is 11.0. The van der Waals surface area contributed by atoms with E-state index in [1.165, 1.54) is 0 Å². The molecule has 1 amide bonds. The Morgan fingerprint density at radius 3 is 2.94 bits per heavy atom. The molecular formula is C12H15BrN2O2. The molecular weight excluding hydrogens is 284 g/mol. The lowest BCUT2D eigenvalue weighted by Crippen LogP contribution is -2.34. The summed E-state index contributed by atoms with van der Waals surface area (Å²) in [6.45, 7) is 1.08. The topological polar surface area (TPSA) is 55.6 Å². The quantitative estimate of drug-likeness (QED) is 0.929. The molecule has 4 nitrogen and oxygen atoms in total. The second-order valence-corrected chi connectivity index (χ2v) is 4.84. The van der Waals surface area contributed by atoms with Crippen LogP contribution in [-0.4, -0.2) is 25.3 Å². The summed E-state index contributed by atoms with van der Waals surface area (Å²) in [5.74, 6) is 0. The first-order valence-electron chi connectivity index (χ1n) is 5.64. The van der Waals surface area contributed by atoms with Gasteiger partial charge in [-0.2, -0.15) is 0 Å². The van der Waals surface area contributed by atoms with Crippen molar-refractivity contribution in [2.75, 3.05) is 18.1 Å². The summed E-state index contributed by atoms with van der Waals surface area (Å²) >= 11 is 3.46. The summed E-state index contributed by atoms with van der Waals surface area (Å²) in [5, 5.41) is 0. The van der Waals surface area contributed by atoms with Gasteiger partial charge < -0.3 is 10.5 Å². The number of carbonyl (C=O) groups excluding carboxylic acids is 1. The summed E-state index contributed by atoms with van der Waals surface area (Å²) in [6, 6.07) is 7.74. The molecule has 1 saturated heterocycles. The van der Waals surface area contributed by atoms with Crippen molar-refractivity contribution in [1.82, 2.24) is 0 Å². The van der Waals surface area contributed by atoms with Gasteiger partial charge in [0.05, 0.1) is 11.7 Å². The Morgan fingerprint density at radius 2 is 2.24 bits per heavy atom. The Labute approximate surface area is 109 Å². The number of nitrogens with two attached hydrogens (primary N) is 1. The Morgan fingerprint density at radius 1 is 1.47 bits per heavy atom. The number of para-hydroxylation sites is 1. The zero-order chi connectivity index (χ0) is 12.3. The molecule has 17 heavy (non-hydrogen) atoms. The van der Waals surface area contributed by atoms with E-state index < -0.39 is 0 Å². The van der Waals surface area contributed by atoms with Crippen molar-refractivity contribution in [1.29, 1.82) is 0 Å². The van der Waals surface area contributed by atoms with E-state index in [1.807, 2.05) is 24.3 Å². The molecule has 1 aliphatic rings. The van der Waals surface area contributed by atoms with Gasteiger partial charge in [-0.25, -0.2) is 4.79 Å². The van der Waals surface area contributed by atoms with E-state index in [0.29, 0.717) is 13.2 Å². The molecule has 1 aliphatic heterocycles. The van der Waals surface area contributed by atoms with Crippen molar-refractivity contribution in [3.05, 3.63) is 28.7 Å². The lowest BCUT2D eigenvalue weighted by Gasteiger charge is -2.22. The van der Waals surface area contributed by atoms with Crippen molar-refractivity contribution in [2.45, 2.75) is 18.9 Å². The van der Waals surface area contributed by atoms with Crippen LogP contribution < -0.4 is 10.6 Å². The van der Waals surface area contributed by atoms with Crippen LogP contribution in [0.15, 0.2) is 28.7 Å². The largest absolute Gasteiger partial charge is 0.447 e. The number of amides is 1. The second-order valence-electron chi connectivity index (χ2n) is 3.98. The average molecular weight is 299 g/mol. The number of ether oxygens (including phenoxy) is 1. The molecule has 1 aromatic rings. The molecule has 2 N–H and O–H groups in total. The highest BCUT2D eigenvalue weighted by Crippen LogP contribution is 2.31. The number of anilines is 1. The minimum absolute atomic E-state index is 0.0877. The third-order valence-electron chi connectivity index (χ3n) is 2.81. The van der Waals surface area contributed by atoms with Gasteiger partial charge in [-0.1, -0.05) is 12.1 Å². The highest BCUT2D eigenvalue weighted by molar-refractivity contribution is 9.10. The fourth-order valence-corrected chi connectivity index (χ4v) is 2.44. The molecule has 92 valence electrons. The summed E-state index contributed by atoms with van der Waals surface area (Å²) < 4.78 is 6.01. The van der Waals surface area contributed by atoms with Crippen LogP contribution in [0.2, 0.25) is 0 Å². The SMILES string of the molecule is NCCCC1COC(=O)N1c1ccccc1Br. The second kappa shape index (κ2) is 5.51. The van der Waals surface area contributed by atoms with E-state index in [2.05, 4.69) is 15.9 Å². The molecule has 1 unspecified atom stereocenters. The number of rotatable bonds is 4. The molecule has 0 bridgehead atoms. The van der Waals surface area contributed by atoms with E-state index in [0.717, 1.165) is 23.0 Å². The van der Waals surface area contributed by atoms with Crippen molar-refractivity contribution in [3.63, 3.8) is 0 Å². The monoisotopic (exact) mass is 298 g/mol. The summed E-state index contributed by atoms with van der Waals surface area (Å²) in [7, 11) is 0. The standard InChI is InChI=1S/C12H15BrN2O2/c13-10-5-1-2-6-11(10)15-9(4-3-7-14)8-17-12(15)16/h1-2,5-6,9H,3-4,7-8,14H2. The number of cyclic esters (lactones) is 1. The van der Waals surface area contributed by atoms with Crippen LogP contribution in [0.4, 0.5) is 10.5 Å². The molecule has 1 atom stereocenters. The Kier molecular flexibility index (Phi) is 4.02. The molecule has 0 saturated carbocycles. The van der Waals surface area contributed by atoms with Crippen molar-refractivity contribution < 1.29 is 9.53 Å². The van der Waals surface area contributed by atoms with Crippen LogP contribution in [0.25, 0.3) is 0 Å². The van der Waals surface area contributed by atoms with Gasteiger partial charge in [0.15, 0.2) is 0 Å².